The fraction of sp³-hybridized carbons (Fsp3) is 0.231. The summed E-state index contributed by atoms with van der Waals surface area (Å²) in [7, 11) is 1.24. The number of esters is 1. The molecule has 1 heterocycles. The van der Waals surface area contributed by atoms with Crippen molar-refractivity contribution in [2.75, 3.05) is 7.11 Å². The highest BCUT2D eigenvalue weighted by molar-refractivity contribution is 6.05. The van der Waals surface area contributed by atoms with E-state index in [4.69, 9.17) is 9.47 Å². The molecule has 0 amide bonds. The molecule has 1 aliphatic rings. The van der Waals surface area contributed by atoms with Crippen molar-refractivity contribution in [1.82, 2.24) is 0 Å². The summed E-state index contributed by atoms with van der Waals surface area (Å²) >= 11 is 0. The first-order valence-corrected chi connectivity index (χ1v) is 5.70. The maximum absolute atomic E-state index is 11.7. The first kappa shape index (κ1) is 13.7. The molecule has 7 heteroatoms. The first-order valence-electron chi connectivity index (χ1n) is 5.70. The van der Waals surface area contributed by atoms with Gasteiger partial charge in [-0.15, -0.1) is 0 Å². The lowest BCUT2D eigenvalue weighted by molar-refractivity contribution is -0.386. The molecule has 0 aromatic heterocycles. The Hall–Kier alpha value is -2.70. The Morgan fingerprint density at radius 3 is 2.60 bits per heavy atom. The third-order valence-corrected chi connectivity index (χ3v) is 2.92. The van der Waals surface area contributed by atoms with E-state index in [1.54, 1.807) is 6.07 Å². The Kier molecular flexibility index (Phi) is 3.51. The molecular weight excluding hydrogens is 266 g/mol. The molecule has 0 fully saturated rings. The average molecular weight is 277 g/mol. The molecule has 20 heavy (non-hydrogen) atoms. The van der Waals surface area contributed by atoms with Gasteiger partial charge in [0.2, 0.25) is 5.76 Å². The second-order valence-electron chi connectivity index (χ2n) is 4.10. The summed E-state index contributed by atoms with van der Waals surface area (Å²) in [4.78, 5) is 33.8. The van der Waals surface area contributed by atoms with E-state index in [9.17, 15) is 19.7 Å². The molecule has 1 unspecified atom stereocenters. The number of ketones is 1. The summed E-state index contributed by atoms with van der Waals surface area (Å²) in [5.74, 6) is -1.45. The Balaban J connectivity index is 2.59. The van der Waals surface area contributed by atoms with E-state index >= 15 is 0 Å². The van der Waals surface area contributed by atoms with Crippen LogP contribution >= 0.6 is 0 Å². The number of hydrogen-bond donors (Lipinski definition) is 0. The molecule has 104 valence electrons. The quantitative estimate of drug-likeness (QED) is 0.472. The van der Waals surface area contributed by atoms with Crippen LogP contribution in [0.25, 0.3) is 0 Å². The summed E-state index contributed by atoms with van der Waals surface area (Å²) in [5, 5.41) is 11.0. The molecule has 1 atom stereocenters. The number of para-hydroxylation sites is 1. The van der Waals surface area contributed by atoms with E-state index in [0.29, 0.717) is 0 Å². The lowest BCUT2D eigenvalue weighted by atomic mass is 9.98. The summed E-state index contributed by atoms with van der Waals surface area (Å²) in [6, 6.07) is 5.79. The largest absolute Gasteiger partial charge is 0.489 e. The molecule has 0 radical (unpaired) electrons. The van der Waals surface area contributed by atoms with Gasteiger partial charge in [0.1, 0.15) is 0 Å². The number of hydrogen-bond acceptors (Lipinski definition) is 6. The maximum atomic E-state index is 11.7. The van der Waals surface area contributed by atoms with Crippen molar-refractivity contribution in [2.24, 2.45) is 0 Å². The SMILES string of the molecule is COC1=C(C(C)=O)C(c2ccccc2[N+](=O)[O-])OC1=O. The van der Waals surface area contributed by atoms with E-state index in [0.717, 1.165) is 0 Å². The average Bonchev–Trinajstić information content (AvgIpc) is 2.75. The van der Waals surface area contributed by atoms with Crippen molar-refractivity contribution in [3.63, 3.8) is 0 Å². The van der Waals surface area contributed by atoms with E-state index < -0.39 is 22.8 Å². The lowest BCUT2D eigenvalue weighted by Gasteiger charge is -2.12. The normalized spacial score (nSPS) is 17.9. The minimum Gasteiger partial charge on any atom is -0.489 e. The molecule has 0 saturated heterocycles. The number of nitro benzene ring substituents is 1. The highest BCUT2D eigenvalue weighted by Gasteiger charge is 2.41. The van der Waals surface area contributed by atoms with Crippen LogP contribution in [0.15, 0.2) is 35.6 Å². The Labute approximate surface area is 113 Å². The van der Waals surface area contributed by atoms with Crippen LogP contribution in [0.3, 0.4) is 0 Å². The summed E-state index contributed by atoms with van der Waals surface area (Å²) < 4.78 is 9.92. The van der Waals surface area contributed by atoms with E-state index in [1.807, 2.05) is 0 Å². The number of benzene rings is 1. The number of ether oxygens (including phenoxy) is 2. The predicted octanol–water partition coefficient (Wildman–Crippen LogP) is 1.68. The number of methoxy groups -OCH3 is 1. The van der Waals surface area contributed by atoms with Crippen LogP contribution in [-0.2, 0) is 19.1 Å². The fourth-order valence-corrected chi connectivity index (χ4v) is 2.08. The molecule has 0 bridgehead atoms. The molecule has 0 aliphatic carbocycles. The van der Waals surface area contributed by atoms with Gasteiger partial charge in [0.15, 0.2) is 11.9 Å². The number of nitrogens with zero attached hydrogens (tertiary/aromatic N) is 1. The Morgan fingerprint density at radius 1 is 1.40 bits per heavy atom. The van der Waals surface area contributed by atoms with Gasteiger partial charge in [-0.05, 0) is 13.0 Å². The van der Waals surface area contributed by atoms with Crippen LogP contribution in [-0.4, -0.2) is 23.8 Å². The molecule has 2 rings (SSSR count). The minimum atomic E-state index is -1.11. The molecular formula is C13H11NO6. The minimum absolute atomic E-state index is 0.00759. The number of cyclic esters (lactones) is 1. The van der Waals surface area contributed by atoms with Gasteiger partial charge >= 0.3 is 5.97 Å². The van der Waals surface area contributed by atoms with Crippen molar-refractivity contribution in [3.8, 4) is 0 Å². The molecule has 1 aromatic rings. The standard InChI is InChI=1S/C13H11NO6/c1-7(15)10-11(20-13(16)12(10)19-2)8-5-3-4-6-9(8)14(17)18/h3-6,11H,1-2H3. The number of rotatable bonds is 4. The van der Waals surface area contributed by atoms with Crippen LogP contribution < -0.4 is 0 Å². The third-order valence-electron chi connectivity index (χ3n) is 2.92. The molecule has 1 aromatic carbocycles. The first-order chi connectivity index (χ1) is 9.47. The van der Waals surface area contributed by atoms with E-state index in [2.05, 4.69) is 0 Å². The second kappa shape index (κ2) is 5.12. The fourth-order valence-electron chi connectivity index (χ4n) is 2.08. The zero-order chi connectivity index (χ0) is 14.9. The van der Waals surface area contributed by atoms with Crippen molar-refractivity contribution in [2.45, 2.75) is 13.0 Å². The van der Waals surface area contributed by atoms with Gasteiger partial charge in [-0.3, -0.25) is 14.9 Å². The highest BCUT2D eigenvalue weighted by atomic mass is 16.6. The molecule has 0 spiro atoms. The maximum Gasteiger partial charge on any atom is 0.375 e. The van der Waals surface area contributed by atoms with Crippen molar-refractivity contribution in [3.05, 3.63) is 51.3 Å². The monoisotopic (exact) mass is 277 g/mol. The molecule has 0 saturated carbocycles. The van der Waals surface area contributed by atoms with Crippen LogP contribution in [0.1, 0.15) is 18.6 Å². The van der Waals surface area contributed by atoms with Crippen LogP contribution in [0.2, 0.25) is 0 Å². The van der Waals surface area contributed by atoms with Gasteiger partial charge in [0.25, 0.3) is 5.69 Å². The van der Waals surface area contributed by atoms with Crippen LogP contribution in [0.5, 0.6) is 0 Å². The highest BCUT2D eigenvalue weighted by Crippen LogP contribution is 2.39. The number of Topliss-reactive ketones (excluding diaryl/α,β-unsaturated/α-hetero) is 1. The van der Waals surface area contributed by atoms with Crippen LogP contribution in [0.4, 0.5) is 5.69 Å². The van der Waals surface area contributed by atoms with Gasteiger partial charge in [0.05, 0.1) is 23.2 Å². The second-order valence-corrected chi connectivity index (χ2v) is 4.10. The summed E-state index contributed by atoms with van der Waals surface area (Å²) in [5.41, 5.74) is -0.0868. The number of carbonyl (C=O) groups excluding carboxylic acids is 2. The zero-order valence-corrected chi connectivity index (χ0v) is 10.8. The predicted molar refractivity (Wildman–Crippen MR) is 66.6 cm³/mol. The molecule has 0 N–H and O–H groups in total. The van der Waals surface area contributed by atoms with E-state index in [1.165, 1.54) is 32.2 Å². The topological polar surface area (TPSA) is 95.7 Å². The zero-order valence-electron chi connectivity index (χ0n) is 10.8. The van der Waals surface area contributed by atoms with Crippen molar-refractivity contribution >= 4 is 17.4 Å². The van der Waals surface area contributed by atoms with Crippen LogP contribution in [0, 0.1) is 10.1 Å². The van der Waals surface area contributed by atoms with E-state index in [-0.39, 0.29) is 22.6 Å². The molecule has 7 nitrogen and oxygen atoms in total. The lowest BCUT2D eigenvalue weighted by Crippen LogP contribution is -2.10. The smallest absolute Gasteiger partial charge is 0.375 e. The van der Waals surface area contributed by atoms with Crippen molar-refractivity contribution in [1.29, 1.82) is 0 Å². The van der Waals surface area contributed by atoms with Gasteiger partial charge in [-0.2, -0.15) is 0 Å². The van der Waals surface area contributed by atoms with Gasteiger partial charge < -0.3 is 9.47 Å². The Bertz CT molecular complexity index is 634. The Morgan fingerprint density at radius 2 is 2.05 bits per heavy atom. The number of carbonyl (C=O) groups is 2. The van der Waals surface area contributed by atoms with Gasteiger partial charge in [-0.1, -0.05) is 12.1 Å². The third kappa shape index (κ3) is 2.13. The summed E-state index contributed by atoms with van der Waals surface area (Å²) in [6.07, 6.45) is -1.11. The summed E-state index contributed by atoms with van der Waals surface area (Å²) in [6.45, 7) is 1.25. The van der Waals surface area contributed by atoms with Crippen molar-refractivity contribution < 1.29 is 24.0 Å². The van der Waals surface area contributed by atoms with Gasteiger partial charge in [-0.25, -0.2) is 4.79 Å². The number of nitro groups is 1. The van der Waals surface area contributed by atoms with Gasteiger partial charge in [0, 0.05) is 6.07 Å². The molecule has 1 aliphatic heterocycles.